The van der Waals surface area contributed by atoms with Crippen LogP contribution < -0.4 is 10.0 Å². The molecule has 0 aliphatic heterocycles. The number of pyridine rings is 1. The molecule has 0 atom stereocenters. The van der Waals surface area contributed by atoms with Crippen molar-refractivity contribution in [2.45, 2.75) is 25.2 Å². The van der Waals surface area contributed by atoms with Crippen molar-refractivity contribution >= 4 is 21.5 Å². The van der Waals surface area contributed by atoms with Crippen molar-refractivity contribution in [1.29, 1.82) is 0 Å². The van der Waals surface area contributed by atoms with Crippen molar-refractivity contribution in [3.63, 3.8) is 0 Å². The highest BCUT2D eigenvalue weighted by atomic mass is 32.2. The maximum Gasteiger partial charge on any atom is 0.261 e. The molecule has 0 radical (unpaired) electrons. The summed E-state index contributed by atoms with van der Waals surface area (Å²) in [7, 11) is -3.56. The highest BCUT2D eigenvalue weighted by Gasteiger charge is 2.13. The molecule has 0 spiro atoms. The van der Waals surface area contributed by atoms with Crippen molar-refractivity contribution in [3.05, 3.63) is 48.7 Å². The van der Waals surface area contributed by atoms with E-state index in [1.54, 1.807) is 42.5 Å². The van der Waals surface area contributed by atoms with E-state index in [9.17, 15) is 8.42 Å². The van der Waals surface area contributed by atoms with Crippen LogP contribution in [0.15, 0.2) is 53.6 Å². The molecule has 0 aliphatic rings. The maximum absolute atomic E-state index is 12.2. The fourth-order valence-corrected chi connectivity index (χ4v) is 2.93. The Kier molecular flexibility index (Phi) is 5.38. The fourth-order valence-electron chi connectivity index (χ4n) is 1.86. The second kappa shape index (κ2) is 7.26. The Morgan fingerprint density at radius 1 is 1.09 bits per heavy atom. The second-order valence-corrected chi connectivity index (χ2v) is 7.14. The van der Waals surface area contributed by atoms with Crippen LogP contribution in [0.1, 0.15) is 20.3 Å². The second-order valence-electron chi connectivity index (χ2n) is 5.46. The third-order valence-corrected chi connectivity index (χ3v) is 4.49. The van der Waals surface area contributed by atoms with Gasteiger partial charge in [-0.05, 0) is 36.6 Å². The number of benzene rings is 1. The van der Waals surface area contributed by atoms with E-state index in [1.807, 2.05) is 0 Å². The van der Waals surface area contributed by atoms with Gasteiger partial charge in [-0.2, -0.15) is 0 Å². The minimum atomic E-state index is -3.56. The highest BCUT2D eigenvalue weighted by Crippen LogP contribution is 2.16. The minimum absolute atomic E-state index is 0.231. The van der Waals surface area contributed by atoms with Crippen LogP contribution in [0.3, 0.4) is 0 Å². The molecule has 6 heteroatoms. The summed E-state index contributed by atoms with van der Waals surface area (Å²) in [5.74, 6) is 1.37. The Morgan fingerprint density at radius 2 is 1.82 bits per heavy atom. The van der Waals surface area contributed by atoms with E-state index in [-0.39, 0.29) is 4.90 Å². The summed E-state index contributed by atoms with van der Waals surface area (Å²) in [6.45, 7) is 5.17. The average Bonchev–Trinajstić information content (AvgIpc) is 2.49. The largest absolute Gasteiger partial charge is 0.370 e. The van der Waals surface area contributed by atoms with Crippen LogP contribution >= 0.6 is 0 Å². The van der Waals surface area contributed by atoms with E-state index in [1.165, 1.54) is 6.20 Å². The van der Waals surface area contributed by atoms with Crippen molar-refractivity contribution in [2.24, 2.45) is 5.92 Å². The molecule has 1 heterocycles. The molecule has 118 valence electrons. The van der Waals surface area contributed by atoms with Gasteiger partial charge in [0.2, 0.25) is 0 Å². The Balaban J connectivity index is 1.99. The third-order valence-electron chi connectivity index (χ3n) is 3.10. The lowest BCUT2D eigenvalue weighted by molar-refractivity contribution is 0.601. The SMILES string of the molecule is CC(C)CCNc1ccc(NS(=O)(=O)c2ccccc2)cn1. The first-order valence-corrected chi connectivity index (χ1v) is 8.73. The third kappa shape index (κ3) is 4.73. The number of nitrogens with one attached hydrogen (secondary N) is 2. The van der Waals surface area contributed by atoms with E-state index in [0.29, 0.717) is 11.6 Å². The molecule has 0 amide bonds. The Bertz CT molecular complexity index is 683. The summed E-state index contributed by atoms with van der Waals surface area (Å²) < 4.78 is 26.9. The molecular formula is C16H21N3O2S. The molecule has 2 aromatic rings. The van der Waals surface area contributed by atoms with Crippen LogP contribution in [0.4, 0.5) is 11.5 Å². The van der Waals surface area contributed by atoms with E-state index >= 15 is 0 Å². The zero-order valence-corrected chi connectivity index (χ0v) is 13.6. The van der Waals surface area contributed by atoms with Gasteiger partial charge in [-0.3, -0.25) is 4.72 Å². The molecule has 2 N–H and O–H groups in total. The molecule has 0 aliphatic carbocycles. The Hall–Kier alpha value is -2.08. The standard InChI is InChI=1S/C16H21N3O2S/c1-13(2)10-11-17-16-9-8-14(12-18-16)19-22(20,21)15-6-4-3-5-7-15/h3-9,12-13,19H,10-11H2,1-2H3,(H,17,18). The van der Waals surface area contributed by atoms with Gasteiger partial charge in [-0.25, -0.2) is 13.4 Å². The number of rotatable bonds is 7. The predicted octanol–water partition coefficient (Wildman–Crippen LogP) is 3.34. The van der Waals surface area contributed by atoms with Crippen LogP contribution in [-0.4, -0.2) is 19.9 Å². The molecule has 0 unspecified atom stereocenters. The van der Waals surface area contributed by atoms with Gasteiger partial charge in [0.05, 0.1) is 16.8 Å². The zero-order chi connectivity index (χ0) is 16.0. The summed E-state index contributed by atoms with van der Waals surface area (Å²) in [4.78, 5) is 4.45. The molecule has 0 saturated heterocycles. The summed E-state index contributed by atoms with van der Waals surface area (Å²) >= 11 is 0. The number of aromatic nitrogens is 1. The summed E-state index contributed by atoms with van der Waals surface area (Å²) in [5, 5.41) is 3.21. The van der Waals surface area contributed by atoms with Gasteiger partial charge in [-0.15, -0.1) is 0 Å². The number of hydrogen-bond donors (Lipinski definition) is 2. The molecule has 2 rings (SSSR count). The normalized spacial score (nSPS) is 11.4. The van der Waals surface area contributed by atoms with Crippen molar-refractivity contribution in [3.8, 4) is 0 Å². The number of hydrogen-bond acceptors (Lipinski definition) is 4. The van der Waals surface area contributed by atoms with Gasteiger partial charge in [0, 0.05) is 6.54 Å². The Morgan fingerprint density at radius 3 is 2.41 bits per heavy atom. The van der Waals surface area contributed by atoms with Gasteiger partial charge in [0.25, 0.3) is 10.0 Å². The van der Waals surface area contributed by atoms with Crippen molar-refractivity contribution in [2.75, 3.05) is 16.6 Å². The van der Waals surface area contributed by atoms with Gasteiger partial charge in [0.1, 0.15) is 5.82 Å². The van der Waals surface area contributed by atoms with E-state index in [4.69, 9.17) is 0 Å². The first kappa shape index (κ1) is 16.3. The van der Waals surface area contributed by atoms with E-state index < -0.39 is 10.0 Å². The minimum Gasteiger partial charge on any atom is -0.370 e. The first-order chi connectivity index (χ1) is 10.5. The van der Waals surface area contributed by atoms with E-state index in [0.717, 1.165) is 18.8 Å². The van der Waals surface area contributed by atoms with Gasteiger partial charge in [0.15, 0.2) is 0 Å². The van der Waals surface area contributed by atoms with Crippen LogP contribution in [0.2, 0.25) is 0 Å². The lowest BCUT2D eigenvalue weighted by Gasteiger charge is -2.10. The summed E-state index contributed by atoms with van der Waals surface area (Å²) in [6, 6.07) is 11.7. The average molecular weight is 319 g/mol. The Labute approximate surface area is 131 Å². The highest BCUT2D eigenvalue weighted by molar-refractivity contribution is 7.92. The monoisotopic (exact) mass is 319 g/mol. The zero-order valence-electron chi connectivity index (χ0n) is 12.8. The fraction of sp³-hybridized carbons (Fsp3) is 0.312. The maximum atomic E-state index is 12.2. The van der Waals surface area contributed by atoms with Crippen molar-refractivity contribution < 1.29 is 8.42 Å². The lowest BCUT2D eigenvalue weighted by atomic mass is 10.1. The summed E-state index contributed by atoms with van der Waals surface area (Å²) in [6.07, 6.45) is 2.57. The van der Waals surface area contributed by atoms with Crippen LogP contribution in [0.5, 0.6) is 0 Å². The topological polar surface area (TPSA) is 71.1 Å². The summed E-state index contributed by atoms with van der Waals surface area (Å²) in [5.41, 5.74) is 0.443. The van der Waals surface area contributed by atoms with Crippen molar-refractivity contribution in [1.82, 2.24) is 4.98 Å². The molecule has 1 aromatic heterocycles. The van der Waals surface area contributed by atoms with Crippen LogP contribution in [0.25, 0.3) is 0 Å². The van der Waals surface area contributed by atoms with Crippen LogP contribution in [-0.2, 0) is 10.0 Å². The number of anilines is 2. The first-order valence-electron chi connectivity index (χ1n) is 7.25. The van der Waals surface area contributed by atoms with Crippen LogP contribution in [0, 0.1) is 5.92 Å². The lowest BCUT2D eigenvalue weighted by Crippen LogP contribution is -2.13. The van der Waals surface area contributed by atoms with Gasteiger partial charge < -0.3 is 5.32 Å². The smallest absolute Gasteiger partial charge is 0.261 e. The molecule has 0 saturated carbocycles. The number of nitrogens with zero attached hydrogens (tertiary/aromatic N) is 1. The van der Waals surface area contributed by atoms with E-state index in [2.05, 4.69) is 28.9 Å². The molecule has 0 fully saturated rings. The van der Waals surface area contributed by atoms with Gasteiger partial charge >= 0.3 is 0 Å². The quantitative estimate of drug-likeness (QED) is 0.821. The number of sulfonamides is 1. The molecule has 22 heavy (non-hydrogen) atoms. The molecule has 5 nitrogen and oxygen atoms in total. The molecular weight excluding hydrogens is 298 g/mol. The molecule has 1 aromatic carbocycles. The molecule has 0 bridgehead atoms. The predicted molar refractivity (Wildman–Crippen MR) is 89.4 cm³/mol. The van der Waals surface area contributed by atoms with Gasteiger partial charge in [-0.1, -0.05) is 32.0 Å².